The summed E-state index contributed by atoms with van der Waals surface area (Å²) in [5, 5.41) is 0. The Morgan fingerprint density at radius 1 is 1.28 bits per heavy atom. The lowest BCUT2D eigenvalue weighted by atomic mass is 9.85. The van der Waals surface area contributed by atoms with Crippen molar-refractivity contribution in [1.82, 2.24) is 0 Å². The van der Waals surface area contributed by atoms with Gasteiger partial charge in [-0.2, -0.15) is 0 Å². The molecule has 1 aromatic rings. The number of hydrogen-bond donors (Lipinski definition) is 0. The molecule has 1 fully saturated rings. The van der Waals surface area contributed by atoms with Crippen LogP contribution in [0.5, 0.6) is 5.75 Å². The fourth-order valence-electron chi connectivity index (χ4n) is 2.68. The van der Waals surface area contributed by atoms with E-state index in [9.17, 15) is 4.79 Å². The van der Waals surface area contributed by atoms with Crippen molar-refractivity contribution in [1.29, 1.82) is 0 Å². The number of ketones is 1. The summed E-state index contributed by atoms with van der Waals surface area (Å²) in [7, 11) is 0. The Labute approximate surface area is 109 Å². The second-order valence-corrected chi connectivity index (χ2v) is 5.26. The molecule has 0 saturated heterocycles. The van der Waals surface area contributed by atoms with Crippen LogP contribution in [0, 0.1) is 5.92 Å². The van der Waals surface area contributed by atoms with E-state index in [4.69, 9.17) is 4.74 Å². The minimum Gasteiger partial charge on any atom is -0.490 e. The van der Waals surface area contributed by atoms with E-state index < -0.39 is 0 Å². The molecule has 2 unspecified atom stereocenters. The summed E-state index contributed by atoms with van der Waals surface area (Å²) in [5.74, 6) is 1.81. The fourth-order valence-corrected chi connectivity index (χ4v) is 2.68. The highest BCUT2D eigenvalue weighted by Gasteiger charge is 2.21. The first-order chi connectivity index (χ1) is 8.69. The predicted octanol–water partition coefficient (Wildman–Crippen LogP) is 4.24. The first kappa shape index (κ1) is 13.1. The molecule has 0 aromatic heterocycles. The van der Waals surface area contributed by atoms with Gasteiger partial charge in [0.25, 0.3) is 0 Å². The summed E-state index contributed by atoms with van der Waals surface area (Å²) in [6.45, 7) is 3.84. The third-order valence-corrected chi connectivity index (χ3v) is 3.88. The molecule has 18 heavy (non-hydrogen) atoms. The van der Waals surface area contributed by atoms with Crippen molar-refractivity contribution in [2.24, 2.45) is 5.92 Å². The number of benzene rings is 1. The zero-order valence-corrected chi connectivity index (χ0v) is 11.3. The number of Topliss-reactive ketones (excluding diaryl/α,β-unsaturated/α-hetero) is 1. The van der Waals surface area contributed by atoms with Crippen LogP contribution in [0.3, 0.4) is 0 Å². The highest BCUT2D eigenvalue weighted by atomic mass is 16.5. The van der Waals surface area contributed by atoms with Gasteiger partial charge in [0.15, 0.2) is 5.78 Å². The molecular formula is C16H22O2. The van der Waals surface area contributed by atoms with Gasteiger partial charge in [-0.3, -0.25) is 4.79 Å². The van der Waals surface area contributed by atoms with Crippen molar-refractivity contribution in [2.75, 3.05) is 0 Å². The zero-order valence-electron chi connectivity index (χ0n) is 11.3. The molecule has 1 aliphatic rings. The largest absolute Gasteiger partial charge is 0.490 e. The van der Waals surface area contributed by atoms with Gasteiger partial charge in [-0.25, -0.2) is 0 Å². The number of carbonyl (C=O) groups excluding carboxylic acids is 1. The van der Waals surface area contributed by atoms with Crippen LogP contribution in [0.2, 0.25) is 0 Å². The summed E-state index contributed by atoms with van der Waals surface area (Å²) < 4.78 is 6.01. The fraction of sp³-hybridized carbons (Fsp3) is 0.562. The smallest absolute Gasteiger partial charge is 0.159 e. The van der Waals surface area contributed by atoms with E-state index in [1.165, 1.54) is 25.7 Å². The molecule has 0 bridgehead atoms. The van der Waals surface area contributed by atoms with E-state index in [0.717, 1.165) is 23.7 Å². The van der Waals surface area contributed by atoms with Gasteiger partial charge in [-0.1, -0.05) is 19.8 Å². The van der Waals surface area contributed by atoms with Crippen LogP contribution < -0.4 is 4.74 Å². The van der Waals surface area contributed by atoms with Crippen molar-refractivity contribution in [3.63, 3.8) is 0 Å². The zero-order chi connectivity index (χ0) is 13.0. The van der Waals surface area contributed by atoms with Crippen LogP contribution in [0.4, 0.5) is 0 Å². The van der Waals surface area contributed by atoms with Crippen LogP contribution in [0.25, 0.3) is 0 Å². The van der Waals surface area contributed by atoms with Crippen LogP contribution in [-0.4, -0.2) is 11.9 Å². The minimum atomic E-state index is 0.102. The quantitative estimate of drug-likeness (QED) is 0.743. The lowest BCUT2D eigenvalue weighted by molar-refractivity contribution is 0.101. The topological polar surface area (TPSA) is 26.3 Å². The van der Waals surface area contributed by atoms with E-state index in [2.05, 4.69) is 6.92 Å². The van der Waals surface area contributed by atoms with Gasteiger partial charge in [0, 0.05) is 5.56 Å². The van der Waals surface area contributed by atoms with Crippen molar-refractivity contribution < 1.29 is 9.53 Å². The molecule has 2 atom stereocenters. The molecule has 2 rings (SSSR count). The van der Waals surface area contributed by atoms with Crippen LogP contribution >= 0.6 is 0 Å². The molecule has 0 spiro atoms. The van der Waals surface area contributed by atoms with Gasteiger partial charge in [-0.05, 0) is 56.4 Å². The Morgan fingerprint density at radius 3 is 2.61 bits per heavy atom. The van der Waals surface area contributed by atoms with Crippen molar-refractivity contribution in [3.05, 3.63) is 29.8 Å². The lowest BCUT2D eigenvalue weighted by Crippen LogP contribution is -2.25. The summed E-state index contributed by atoms with van der Waals surface area (Å²) in [6, 6.07) is 7.51. The molecule has 2 heteroatoms. The van der Waals surface area contributed by atoms with E-state index in [1.807, 2.05) is 24.3 Å². The second kappa shape index (κ2) is 6.03. The molecule has 1 saturated carbocycles. The highest BCUT2D eigenvalue weighted by Crippen LogP contribution is 2.29. The van der Waals surface area contributed by atoms with Gasteiger partial charge in [0.05, 0.1) is 6.10 Å². The summed E-state index contributed by atoms with van der Waals surface area (Å²) in [5.41, 5.74) is 0.748. The molecule has 1 aromatic carbocycles. The van der Waals surface area contributed by atoms with Gasteiger partial charge < -0.3 is 4.74 Å². The summed E-state index contributed by atoms with van der Waals surface area (Å²) in [6.07, 6.45) is 6.56. The van der Waals surface area contributed by atoms with Crippen molar-refractivity contribution in [3.8, 4) is 5.75 Å². The Kier molecular flexibility index (Phi) is 4.40. The van der Waals surface area contributed by atoms with E-state index >= 15 is 0 Å². The number of ether oxygens (including phenoxy) is 1. The van der Waals surface area contributed by atoms with Crippen LogP contribution in [-0.2, 0) is 0 Å². The molecule has 1 aliphatic carbocycles. The van der Waals surface area contributed by atoms with Gasteiger partial charge >= 0.3 is 0 Å². The molecule has 0 N–H and O–H groups in total. The van der Waals surface area contributed by atoms with E-state index in [-0.39, 0.29) is 5.78 Å². The summed E-state index contributed by atoms with van der Waals surface area (Å²) >= 11 is 0. The maximum Gasteiger partial charge on any atom is 0.159 e. The molecular weight excluding hydrogens is 224 g/mol. The number of hydrogen-bond acceptors (Lipinski definition) is 2. The number of rotatable bonds is 4. The van der Waals surface area contributed by atoms with Gasteiger partial charge in [0.1, 0.15) is 5.75 Å². The van der Waals surface area contributed by atoms with Crippen LogP contribution in [0.1, 0.15) is 56.3 Å². The average Bonchev–Trinajstić information content (AvgIpc) is 2.39. The Balaban J connectivity index is 1.94. The predicted molar refractivity (Wildman–Crippen MR) is 73.1 cm³/mol. The van der Waals surface area contributed by atoms with E-state index in [0.29, 0.717) is 6.10 Å². The molecule has 0 aliphatic heterocycles. The molecule has 0 heterocycles. The Morgan fingerprint density at radius 2 is 2.00 bits per heavy atom. The molecule has 2 nitrogen and oxygen atoms in total. The Hall–Kier alpha value is -1.31. The molecule has 98 valence electrons. The Bertz CT molecular complexity index is 394. The third-order valence-electron chi connectivity index (χ3n) is 3.88. The second-order valence-electron chi connectivity index (χ2n) is 5.26. The lowest BCUT2D eigenvalue weighted by Gasteiger charge is -2.29. The third kappa shape index (κ3) is 3.34. The van der Waals surface area contributed by atoms with Crippen molar-refractivity contribution >= 4 is 5.78 Å². The van der Waals surface area contributed by atoms with Crippen LogP contribution in [0.15, 0.2) is 24.3 Å². The average molecular weight is 246 g/mol. The number of carbonyl (C=O) groups is 1. The van der Waals surface area contributed by atoms with Gasteiger partial charge in [0.2, 0.25) is 0 Å². The maximum atomic E-state index is 11.2. The van der Waals surface area contributed by atoms with Crippen molar-refractivity contribution in [2.45, 2.75) is 52.1 Å². The normalized spacial score (nSPS) is 23.7. The monoisotopic (exact) mass is 246 g/mol. The molecule has 0 radical (unpaired) electrons. The molecule has 0 amide bonds. The first-order valence-electron chi connectivity index (χ1n) is 6.96. The minimum absolute atomic E-state index is 0.102. The van der Waals surface area contributed by atoms with E-state index in [1.54, 1.807) is 6.92 Å². The first-order valence-corrected chi connectivity index (χ1v) is 6.96. The SMILES string of the molecule is CCC1CCCC(Oc2ccc(C(C)=O)cc2)C1. The highest BCUT2D eigenvalue weighted by molar-refractivity contribution is 5.94. The standard InChI is InChI=1S/C16H22O2/c1-3-13-5-4-6-16(11-13)18-15-9-7-14(8-10-15)12(2)17/h7-10,13,16H,3-6,11H2,1-2H3. The van der Waals surface area contributed by atoms with Gasteiger partial charge in [-0.15, -0.1) is 0 Å². The summed E-state index contributed by atoms with van der Waals surface area (Å²) in [4.78, 5) is 11.2. The maximum absolute atomic E-state index is 11.2.